The van der Waals surface area contributed by atoms with Gasteiger partial charge in [-0.1, -0.05) is 296 Å². The summed E-state index contributed by atoms with van der Waals surface area (Å²) in [4.78, 5) is 58.6. The highest BCUT2D eigenvalue weighted by Crippen LogP contribution is 2.45. The normalized spacial score (nSPS) is 14.7. The third kappa shape index (κ3) is 76.6. The van der Waals surface area contributed by atoms with E-state index in [1.807, 2.05) is 0 Å². The van der Waals surface area contributed by atoms with Gasteiger partial charge in [0.1, 0.15) is 25.4 Å². The number of phosphoric acid groups is 2. The van der Waals surface area contributed by atoms with Crippen LogP contribution in [-0.4, -0.2) is 95.9 Å². The Morgan fingerprint density at radius 1 is 0.287 bits per heavy atom. The molecule has 0 saturated heterocycles. The van der Waals surface area contributed by atoms with Gasteiger partial charge < -0.3 is 34.2 Å². The van der Waals surface area contributed by atoms with Crippen LogP contribution in [0.2, 0.25) is 0 Å². The van der Waals surface area contributed by atoms with Crippen LogP contribution in [0.1, 0.15) is 316 Å². The van der Waals surface area contributed by atoms with Crippen molar-refractivity contribution < 1.29 is 75.8 Å². The van der Waals surface area contributed by atoms with E-state index in [1.165, 1.54) is 83.5 Å². The van der Waals surface area contributed by atoms with Gasteiger partial charge in [0.2, 0.25) is 0 Å². The van der Waals surface area contributed by atoms with Crippen molar-refractivity contribution >= 4 is 33.6 Å². The van der Waals surface area contributed by atoms with Crippen LogP contribution in [0.5, 0.6) is 0 Å². The summed E-state index contributed by atoms with van der Waals surface area (Å²) >= 11 is 0. The van der Waals surface area contributed by atoms with Gasteiger partial charge in [-0.2, -0.15) is 0 Å². The van der Waals surface area contributed by atoms with Gasteiger partial charge in [0.05, 0.1) is 26.4 Å². The van der Waals surface area contributed by atoms with E-state index in [9.17, 15) is 43.5 Å². The first kappa shape index (κ1) is 96.7. The lowest BCUT2D eigenvalue weighted by atomic mass is 10.0. The van der Waals surface area contributed by atoms with Gasteiger partial charge in [-0.25, -0.2) is 9.13 Å². The predicted octanol–water partition coefficient (Wildman–Crippen LogP) is 23.1. The number of esters is 3. The molecular formula is C83H142O16P2. The van der Waals surface area contributed by atoms with Gasteiger partial charge >= 0.3 is 33.6 Å². The van der Waals surface area contributed by atoms with Crippen LogP contribution in [-0.2, 0) is 55.8 Å². The molecule has 0 aromatic carbocycles. The molecule has 0 heterocycles. The number of allylic oxidation sites excluding steroid dienone is 22. The van der Waals surface area contributed by atoms with Gasteiger partial charge in [0.15, 0.2) is 6.10 Å². The molecule has 0 aliphatic carbocycles. The first-order valence-corrected chi connectivity index (χ1v) is 42.5. The standard InChI is InChI=1S/C83H142O16P2/c1-4-7-10-13-16-19-22-25-27-29-31-33-35-36-37-38-39-40-42-44-45-47-49-52-54-57-60-63-66-69-81(86)93-72-78(84)73-95-100(89,90)96-74-79(85)75-97-101(91,92)98-77-80(99-83(88)71-68-65-62-59-56-51-24-21-18-15-12-9-6-3)76-94-82(87)70-67-64-61-58-55-53-50-48-46-43-41-34-32-30-28-26-23-20-17-14-11-8-5-2/h7,10,12,15-17,19-21,24-28,31-34,36-37,43,46,78-80,84-85H,4-6,8-9,11,13-14,18,22-23,29-30,35,38-42,44-45,47-77H2,1-3H3,(H,89,90)(H,91,92)/b10-7-,15-12-,19-16-,20-17-,24-21-,27-25-,28-26-,33-31-,34-32-,37-36-,46-43-. The Morgan fingerprint density at radius 3 is 0.871 bits per heavy atom. The molecule has 0 aromatic heterocycles. The second-order valence-corrected chi connectivity index (χ2v) is 29.0. The van der Waals surface area contributed by atoms with Gasteiger partial charge in [0, 0.05) is 19.3 Å². The highest BCUT2D eigenvalue weighted by molar-refractivity contribution is 7.47. The van der Waals surface area contributed by atoms with Crippen molar-refractivity contribution in [2.45, 2.75) is 334 Å². The van der Waals surface area contributed by atoms with Crippen LogP contribution >= 0.6 is 15.6 Å². The molecule has 0 aromatic rings. The summed E-state index contributed by atoms with van der Waals surface area (Å²) in [5.74, 6) is -1.60. The third-order valence-electron chi connectivity index (χ3n) is 16.3. The molecule has 0 saturated carbocycles. The van der Waals surface area contributed by atoms with Gasteiger partial charge in [0.25, 0.3) is 0 Å². The molecule has 4 N–H and O–H groups in total. The van der Waals surface area contributed by atoms with Gasteiger partial charge in [-0.3, -0.25) is 32.5 Å². The number of phosphoric ester groups is 2. The lowest BCUT2D eigenvalue weighted by Gasteiger charge is -2.21. The average Bonchev–Trinajstić information content (AvgIpc) is 0.933. The van der Waals surface area contributed by atoms with E-state index in [0.717, 1.165) is 173 Å². The molecule has 0 bridgehead atoms. The molecular weight excluding hydrogens is 1310 g/mol. The zero-order valence-corrected chi connectivity index (χ0v) is 65.1. The molecule has 5 atom stereocenters. The van der Waals surface area contributed by atoms with E-state index >= 15 is 0 Å². The number of aliphatic hydroxyl groups is 2. The van der Waals surface area contributed by atoms with Crippen LogP contribution in [0.4, 0.5) is 0 Å². The maximum Gasteiger partial charge on any atom is 0.472 e. The zero-order chi connectivity index (χ0) is 73.7. The molecule has 0 rings (SSSR count). The number of carbonyl (C=O) groups excluding carboxylic acids is 3. The van der Waals surface area contributed by atoms with Crippen molar-refractivity contribution in [1.82, 2.24) is 0 Å². The van der Waals surface area contributed by atoms with Crippen molar-refractivity contribution in [2.24, 2.45) is 0 Å². The molecule has 0 radical (unpaired) electrons. The summed E-state index contributed by atoms with van der Waals surface area (Å²) in [7, 11) is -9.80. The minimum absolute atomic E-state index is 0.0834. The maximum absolute atomic E-state index is 12.9. The molecule has 16 nitrogen and oxygen atoms in total. The monoisotopic (exact) mass is 1460 g/mol. The van der Waals surface area contributed by atoms with E-state index < -0.39 is 91.5 Å². The lowest BCUT2D eigenvalue weighted by molar-refractivity contribution is -0.161. The van der Waals surface area contributed by atoms with Gasteiger partial charge in [-0.05, 0) is 135 Å². The van der Waals surface area contributed by atoms with E-state index in [1.54, 1.807) is 0 Å². The zero-order valence-electron chi connectivity index (χ0n) is 63.3. The summed E-state index contributed by atoms with van der Waals surface area (Å²) in [6, 6.07) is 0. The maximum atomic E-state index is 12.9. The highest BCUT2D eigenvalue weighted by Gasteiger charge is 2.29. The van der Waals surface area contributed by atoms with Crippen molar-refractivity contribution in [3.05, 3.63) is 134 Å². The fraction of sp³-hybridized carbons (Fsp3) is 0.699. The highest BCUT2D eigenvalue weighted by atomic mass is 31.2. The number of rotatable bonds is 74. The topological polar surface area (TPSA) is 231 Å². The summed E-state index contributed by atoms with van der Waals surface area (Å²) in [6.07, 6.45) is 90.7. The molecule has 580 valence electrons. The van der Waals surface area contributed by atoms with Crippen LogP contribution in [0, 0.1) is 0 Å². The quantitative estimate of drug-likeness (QED) is 0.0146. The molecule has 0 aliphatic rings. The molecule has 0 spiro atoms. The van der Waals surface area contributed by atoms with Crippen molar-refractivity contribution in [2.75, 3.05) is 39.6 Å². The summed E-state index contributed by atoms with van der Waals surface area (Å²) in [5, 5.41) is 20.6. The molecule has 0 aliphatic heterocycles. The molecule has 5 unspecified atom stereocenters. The summed E-state index contributed by atoms with van der Waals surface area (Å²) in [6.45, 7) is 2.45. The SMILES string of the molecule is CC/C=C\C/C=C\C/C=C\C/C=C\C/C=C\CCCCCCCCCCCCCCCC(=O)OCC(O)COP(=O)(O)OCC(O)COP(=O)(O)OCC(COC(=O)CCCCCCCCC/C=C\C/C=C\C/C=C\C/C=C\CCCCC)OC(=O)CCCCCCC/C=C\C/C=C\CCC. The number of hydrogen-bond acceptors (Lipinski definition) is 14. The average molecular weight is 1460 g/mol. The molecule has 0 amide bonds. The predicted molar refractivity (Wildman–Crippen MR) is 417 cm³/mol. The number of aliphatic hydroxyl groups excluding tert-OH is 2. The van der Waals surface area contributed by atoms with E-state index in [-0.39, 0.29) is 19.3 Å². The Kier molecular flexibility index (Phi) is 72.2. The Bertz CT molecular complexity index is 2370. The Morgan fingerprint density at radius 2 is 0.545 bits per heavy atom. The van der Waals surface area contributed by atoms with E-state index in [0.29, 0.717) is 19.3 Å². The van der Waals surface area contributed by atoms with Crippen LogP contribution in [0.3, 0.4) is 0 Å². The van der Waals surface area contributed by atoms with Crippen LogP contribution < -0.4 is 0 Å². The number of carbonyl (C=O) groups is 3. The Labute approximate surface area is 614 Å². The first-order chi connectivity index (χ1) is 49.2. The van der Waals surface area contributed by atoms with Crippen molar-refractivity contribution in [3.8, 4) is 0 Å². The second kappa shape index (κ2) is 75.4. The molecule has 18 heteroatoms. The number of unbranched alkanes of at least 4 members (excludes halogenated alkanes) is 29. The number of ether oxygens (including phenoxy) is 3. The van der Waals surface area contributed by atoms with Crippen molar-refractivity contribution in [3.63, 3.8) is 0 Å². The Hall–Kier alpha value is -4.31. The minimum Gasteiger partial charge on any atom is -0.463 e. The van der Waals surface area contributed by atoms with E-state index in [2.05, 4.69) is 154 Å². The second-order valence-electron chi connectivity index (χ2n) is 26.1. The number of hydrogen-bond donors (Lipinski definition) is 4. The molecule has 0 fully saturated rings. The fourth-order valence-corrected chi connectivity index (χ4v) is 11.9. The van der Waals surface area contributed by atoms with Crippen LogP contribution in [0.15, 0.2) is 134 Å². The fourth-order valence-electron chi connectivity index (χ4n) is 10.3. The smallest absolute Gasteiger partial charge is 0.463 e. The minimum atomic E-state index is -4.94. The summed E-state index contributed by atoms with van der Waals surface area (Å²) < 4.78 is 61.1. The Balaban J connectivity index is 4.51. The lowest BCUT2D eigenvalue weighted by Crippen LogP contribution is -2.30. The van der Waals surface area contributed by atoms with Gasteiger partial charge in [-0.15, -0.1) is 0 Å². The summed E-state index contributed by atoms with van der Waals surface area (Å²) in [5.41, 5.74) is 0. The van der Waals surface area contributed by atoms with Crippen LogP contribution in [0.25, 0.3) is 0 Å². The third-order valence-corrected chi connectivity index (χ3v) is 18.2. The van der Waals surface area contributed by atoms with Crippen molar-refractivity contribution in [1.29, 1.82) is 0 Å². The van der Waals surface area contributed by atoms with E-state index in [4.69, 9.17) is 32.3 Å². The first-order valence-electron chi connectivity index (χ1n) is 39.5. The largest absolute Gasteiger partial charge is 0.472 e. The molecule has 101 heavy (non-hydrogen) atoms.